The third-order valence-electron chi connectivity index (χ3n) is 5.50. The Hall–Kier alpha value is -2.54. The Labute approximate surface area is 177 Å². The summed E-state index contributed by atoms with van der Waals surface area (Å²) in [5.41, 5.74) is -0.550. The summed E-state index contributed by atoms with van der Waals surface area (Å²) in [6.07, 6.45) is 0.604. The Morgan fingerprint density at radius 2 is 1.37 bits per heavy atom. The lowest BCUT2D eigenvalue weighted by Gasteiger charge is -2.40. The zero-order chi connectivity index (χ0) is 21.8. The smallest absolute Gasteiger partial charge is 0.243 e. The molecule has 6 heteroatoms. The average Bonchev–Trinajstić information content (AvgIpc) is 2.78. The van der Waals surface area contributed by atoms with Gasteiger partial charge in [0.15, 0.2) is 0 Å². The lowest BCUT2D eigenvalue weighted by molar-refractivity contribution is 0.0247. The molecule has 3 aromatic rings. The predicted octanol–water partition coefficient (Wildman–Crippen LogP) is 4.45. The van der Waals surface area contributed by atoms with Crippen LogP contribution in [0.15, 0.2) is 89.8 Å². The van der Waals surface area contributed by atoms with E-state index in [9.17, 15) is 17.9 Å². The van der Waals surface area contributed by atoms with E-state index < -0.39 is 32.4 Å². The van der Waals surface area contributed by atoms with Crippen molar-refractivity contribution in [1.82, 2.24) is 4.72 Å². The minimum atomic E-state index is -4.23. The Kier molecular flexibility index (Phi) is 6.71. The van der Waals surface area contributed by atoms with E-state index in [2.05, 4.69) is 4.72 Å². The molecule has 0 bridgehead atoms. The van der Waals surface area contributed by atoms with E-state index in [-0.39, 0.29) is 5.92 Å². The van der Waals surface area contributed by atoms with Crippen LogP contribution in [0.3, 0.4) is 0 Å². The van der Waals surface area contributed by atoms with Gasteiger partial charge in [0.2, 0.25) is 10.0 Å². The molecule has 2 N–H and O–H groups in total. The minimum absolute atomic E-state index is 0.253. The maximum atomic E-state index is 14.3. The van der Waals surface area contributed by atoms with Gasteiger partial charge in [-0.05, 0) is 29.2 Å². The van der Waals surface area contributed by atoms with Gasteiger partial charge in [-0.2, -0.15) is 0 Å². The van der Waals surface area contributed by atoms with Crippen molar-refractivity contribution in [3.05, 3.63) is 102 Å². The largest absolute Gasteiger partial charge is 0.379 e. The van der Waals surface area contributed by atoms with Gasteiger partial charge in [0.1, 0.15) is 16.3 Å². The first-order valence-electron chi connectivity index (χ1n) is 9.91. The van der Waals surface area contributed by atoms with Gasteiger partial charge < -0.3 is 5.11 Å². The van der Waals surface area contributed by atoms with Gasteiger partial charge in [-0.1, -0.05) is 93.1 Å². The fraction of sp³-hybridized carbons (Fsp3) is 0.250. The molecule has 158 valence electrons. The van der Waals surface area contributed by atoms with Crippen molar-refractivity contribution in [1.29, 1.82) is 0 Å². The van der Waals surface area contributed by atoms with Crippen LogP contribution in [0.25, 0.3) is 0 Å². The number of nitrogens with one attached hydrogen (secondary N) is 1. The lowest BCUT2D eigenvalue weighted by atomic mass is 9.75. The summed E-state index contributed by atoms with van der Waals surface area (Å²) in [7, 11) is -4.23. The van der Waals surface area contributed by atoms with Crippen LogP contribution in [-0.2, 0) is 15.6 Å². The molecule has 3 aromatic carbocycles. The van der Waals surface area contributed by atoms with Gasteiger partial charge in [0.25, 0.3) is 0 Å². The van der Waals surface area contributed by atoms with Gasteiger partial charge >= 0.3 is 0 Å². The molecule has 0 saturated heterocycles. The minimum Gasteiger partial charge on any atom is -0.379 e. The predicted molar refractivity (Wildman–Crippen MR) is 116 cm³/mol. The third-order valence-corrected chi connectivity index (χ3v) is 6.97. The van der Waals surface area contributed by atoms with Crippen molar-refractivity contribution in [2.24, 2.45) is 5.92 Å². The monoisotopic (exact) mass is 427 g/mol. The molecule has 0 aliphatic rings. The fourth-order valence-corrected chi connectivity index (χ4v) is 5.10. The Bertz CT molecular complexity index is 1030. The van der Waals surface area contributed by atoms with Gasteiger partial charge in [-0.25, -0.2) is 17.5 Å². The highest BCUT2D eigenvalue weighted by atomic mass is 32.2. The second kappa shape index (κ2) is 9.08. The summed E-state index contributed by atoms with van der Waals surface area (Å²) >= 11 is 0. The topological polar surface area (TPSA) is 66.4 Å². The van der Waals surface area contributed by atoms with E-state index in [1.54, 1.807) is 48.5 Å². The maximum absolute atomic E-state index is 14.3. The molecular weight excluding hydrogens is 401 g/mol. The first-order chi connectivity index (χ1) is 14.3. The first-order valence-corrected chi connectivity index (χ1v) is 11.4. The molecule has 0 amide bonds. The van der Waals surface area contributed by atoms with Crippen LogP contribution in [0.1, 0.15) is 31.4 Å². The van der Waals surface area contributed by atoms with Crippen LogP contribution in [0.4, 0.5) is 4.39 Å². The second-order valence-electron chi connectivity index (χ2n) is 7.41. The van der Waals surface area contributed by atoms with Crippen LogP contribution in [-0.4, -0.2) is 19.6 Å². The van der Waals surface area contributed by atoms with E-state index in [1.807, 2.05) is 26.0 Å². The highest BCUT2D eigenvalue weighted by Crippen LogP contribution is 2.37. The van der Waals surface area contributed by atoms with E-state index in [1.165, 1.54) is 18.2 Å². The standard InChI is InChI=1S/C24H26FNO3S/c1-3-18(2)23(26-30(28,29)22-17-11-10-16-21(22)25)24(27,19-12-6-4-7-13-19)20-14-8-5-9-15-20/h4-18,23,26-27H,3H2,1-2H3. The van der Waals surface area contributed by atoms with Crippen LogP contribution in [0.5, 0.6) is 0 Å². The summed E-state index contributed by atoms with van der Waals surface area (Å²) in [5.74, 6) is -1.09. The summed E-state index contributed by atoms with van der Waals surface area (Å²) in [4.78, 5) is -0.443. The van der Waals surface area contributed by atoms with Crippen molar-refractivity contribution in [2.75, 3.05) is 0 Å². The third kappa shape index (κ3) is 4.31. The van der Waals surface area contributed by atoms with E-state index in [0.717, 1.165) is 6.07 Å². The summed E-state index contributed by atoms with van der Waals surface area (Å²) in [6.45, 7) is 3.79. The highest BCUT2D eigenvalue weighted by Gasteiger charge is 2.45. The van der Waals surface area contributed by atoms with Gasteiger partial charge in [-0.15, -0.1) is 0 Å². The molecule has 0 radical (unpaired) electrons. The van der Waals surface area contributed by atoms with Crippen molar-refractivity contribution in [2.45, 2.75) is 36.8 Å². The molecule has 0 saturated carbocycles. The lowest BCUT2D eigenvalue weighted by Crippen LogP contribution is -2.54. The van der Waals surface area contributed by atoms with Crippen LogP contribution >= 0.6 is 0 Å². The van der Waals surface area contributed by atoms with Crippen molar-refractivity contribution in [3.8, 4) is 0 Å². The van der Waals surface area contributed by atoms with Crippen molar-refractivity contribution in [3.63, 3.8) is 0 Å². The molecule has 2 atom stereocenters. The first kappa shape index (κ1) is 22.2. The Morgan fingerprint density at radius 3 is 1.83 bits per heavy atom. The van der Waals surface area contributed by atoms with Crippen molar-refractivity contribution < 1.29 is 17.9 Å². The molecule has 0 heterocycles. The van der Waals surface area contributed by atoms with Gasteiger partial charge in [-0.3, -0.25) is 0 Å². The van der Waals surface area contributed by atoms with E-state index in [4.69, 9.17) is 0 Å². The zero-order valence-electron chi connectivity index (χ0n) is 17.0. The van der Waals surface area contributed by atoms with Crippen LogP contribution < -0.4 is 4.72 Å². The molecule has 0 fully saturated rings. The number of hydrogen-bond acceptors (Lipinski definition) is 3. The van der Waals surface area contributed by atoms with Crippen LogP contribution in [0.2, 0.25) is 0 Å². The number of sulfonamides is 1. The van der Waals surface area contributed by atoms with E-state index in [0.29, 0.717) is 17.5 Å². The highest BCUT2D eigenvalue weighted by molar-refractivity contribution is 7.89. The van der Waals surface area contributed by atoms with Gasteiger partial charge in [0, 0.05) is 0 Å². The molecule has 4 nitrogen and oxygen atoms in total. The number of aliphatic hydroxyl groups is 1. The zero-order valence-corrected chi connectivity index (χ0v) is 17.8. The molecule has 2 unspecified atom stereocenters. The number of hydrogen-bond donors (Lipinski definition) is 2. The number of rotatable bonds is 8. The van der Waals surface area contributed by atoms with E-state index >= 15 is 0 Å². The second-order valence-corrected chi connectivity index (χ2v) is 9.10. The average molecular weight is 428 g/mol. The molecule has 3 rings (SSSR count). The van der Waals surface area contributed by atoms with Gasteiger partial charge in [0.05, 0.1) is 6.04 Å². The Balaban J connectivity index is 2.18. The molecule has 0 aromatic heterocycles. The number of benzene rings is 3. The molecule has 0 spiro atoms. The summed E-state index contributed by atoms with van der Waals surface area (Å²) < 4.78 is 43.2. The SMILES string of the molecule is CCC(C)C(NS(=O)(=O)c1ccccc1F)C(O)(c1ccccc1)c1ccccc1. The maximum Gasteiger partial charge on any atom is 0.243 e. The Morgan fingerprint density at radius 1 is 0.900 bits per heavy atom. The summed E-state index contributed by atoms with van der Waals surface area (Å²) in [5, 5.41) is 12.1. The quantitative estimate of drug-likeness (QED) is 0.558. The molecule has 0 aliphatic carbocycles. The fourth-order valence-electron chi connectivity index (χ4n) is 3.65. The molecule has 30 heavy (non-hydrogen) atoms. The molecular formula is C24H26FNO3S. The number of halogens is 1. The van der Waals surface area contributed by atoms with Crippen molar-refractivity contribution >= 4 is 10.0 Å². The molecule has 0 aliphatic heterocycles. The van der Waals surface area contributed by atoms with Crippen LogP contribution in [0, 0.1) is 11.7 Å². The summed E-state index contributed by atoms with van der Waals surface area (Å²) in [6, 6.07) is 22.2. The normalized spacial score (nSPS) is 14.3.